The molecule has 0 spiro atoms. The largest absolute Gasteiger partial charge is 0.264 e. The summed E-state index contributed by atoms with van der Waals surface area (Å²) >= 11 is 0. The number of rotatable bonds is 1. The number of nitrogens with zero attached hydrogens (tertiary/aromatic N) is 1. The second kappa shape index (κ2) is 6.94. The lowest BCUT2D eigenvalue weighted by Gasteiger charge is -2.50. The van der Waals surface area contributed by atoms with E-state index in [-0.39, 0.29) is 0 Å². The fourth-order valence-corrected chi connectivity index (χ4v) is 5.96. The molecule has 5 unspecified atom stereocenters. The van der Waals surface area contributed by atoms with Gasteiger partial charge >= 0.3 is 0 Å². The summed E-state index contributed by atoms with van der Waals surface area (Å²) in [6.45, 7) is 5.04. The molecule has 3 aliphatic rings. The Kier molecular flexibility index (Phi) is 4.67. The second-order valence-electron chi connectivity index (χ2n) is 8.63. The third-order valence-corrected chi connectivity index (χ3v) is 7.36. The lowest BCUT2D eigenvalue weighted by Crippen LogP contribution is -2.41. The predicted molar refractivity (Wildman–Crippen MR) is 106 cm³/mol. The van der Waals surface area contributed by atoms with E-state index in [4.69, 9.17) is 0 Å². The van der Waals surface area contributed by atoms with Crippen molar-refractivity contribution in [2.75, 3.05) is 0 Å². The summed E-state index contributed by atoms with van der Waals surface area (Å²) < 4.78 is 0. The molecule has 0 radical (unpaired) electrons. The smallest absolute Gasteiger partial charge is 0.0343 e. The van der Waals surface area contributed by atoms with E-state index in [9.17, 15) is 0 Å². The quantitative estimate of drug-likeness (QED) is 0.575. The highest BCUT2D eigenvalue weighted by molar-refractivity contribution is 5.72. The van der Waals surface area contributed by atoms with Crippen LogP contribution in [0.25, 0.3) is 5.57 Å². The lowest BCUT2D eigenvalue weighted by molar-refractivity contribution is 0.0381. The van der Waals surface area contributed by atoms with Gasteiger partial charge in [-0.05, 0) is 84.8 Å². The molecule has 4 rings (SSSR count). The van der Waals surface area contributed by atoms with Gasteiger partial charge in [-0.15, -0.1) is 0 Å². The summed E-state index contributed by atoms with van der Waals surface area (Å²) in [5, 5.41) is 0. The molecule has 1 aromatic heterocycles. The summed E-state index contributed by atoms with van der Waals surface area (Å²) in [5.74, 6) is 3.34. The van der Waals surface area contributed by atoms with Crippen LogP contribution in [0.3, 0.4) is 0 Å². The minimum atomic E-state index is 0.331. The van der Waals surface area contributed by atoms with Gasteiger partial charge in [0.2, 0.25) is 0 Å². The highest BCUT2D eigenvalue weighted by Crippen LogP contribution is 2.61. The summed E-state index contributed by atoms with van der Waals surface area (Å²) in [6.07, 6.45) is 23.6. The van der Waals surface area contributed by atoms with E-state index in [1.54, 1.807) is 5.57 Å². The van der Waals surface area contributed by atoms with Gasteiger partial charge in [-0.2, -0.15) is 0 Å². The van der Waals surface area contributed by atoms with E-state index < -0.39 is 0 Å². The van der Waals surface area contributed by atoms with Crippen LogP contribution in [0.5, 0.6) is 0 Å². The fourth-order valence-electron chi connectivity index (χ4n) is 5.96. The van der Waals surface area contributed by atoms with Crippen LogP contribution < -0.4 is 0 Å². The molecule has 5 atom stereocenters. The number of hydrogen-bond donors (Lipinski definition) is 0. The van der Waals surface area contributed by atoms with Crippen molar-refractivity contribution in [3.8, 4) is 0 Å². The van der Waals surface area contributed by atoms with Gasteiger partial charge in [-0.25, -0.2) is 0 Å². The van der Waals surface area contributed by atoms with E-state index in [1.807, 2.05) is 6.20 Å². The van der Waals surface area contributed by atoms with Gasteiger partial charge in [-0.1, -0.05) is 50.3 Å². The lowest BCUT2D eigenvalue weighted by atomic mass is 9.55. The molecule has 1 saturated carbocycles. The maximum Gasteiger partial charge on any atom is 0.0343 e. The molecular formula is C24H31N. The molecule has 0 amide bonds. The van der Waals surface area contributed by atoms with Crippen molar-refractivity contribution >= 4 is 5.57 Å². The Bertz CT molecular complexity index is 683. The Morgan fingerprint density at radius 3 is 2.80 bits per heavy atom. The Hall–Kier alpha value is -1.63. The van der Waals surface area contributed by atoms with Gasteiger partial charge in [0.15, 0.2) is 0 Å². The Balaban J connectivity index is 1.64. The number of hydrogen-bond acceptors (Lipinski definition) is 1. The van der Waals surface area contributed by atoms with E-state index in [0.717, 1.165) is 23.7 Å². The fraction of sp³-hybridized carbons (Fsp3) is 0.542. The van der Waals surface area contributed by atoms with Crippen molar-refractivity contribution in [2.45, 2.75) is 52.4 Å². The van der Waals surface area contributed by atoms with Crippen molar-refractivity contribution in [1.29, 1.82) is 0 Å². The number of pyridine rings is 1. The molecule has 3 aliphatic carbocycles. The molecule has 1 heteroatoms. The monoisotopic (exact) mass is 333 g/mol. The normalized spacial score (nSPS) is 37.9. The second-order valence-corrected chi connectivity index (χ2v) is 8.63. The standard InChI is InChI=1S/C24H31N/c1-18-9-6-4-3-5-7-11-21-20(18)14-15-24(2)22(12-13-23(21)24)19-10-8-16-25-17-19/h3-5,7-8,10,12,16-18,20-21,23H,6,9,11,13-15H2,1-2H3. The molecule has 1 nitrogen and oxygen atoms in total. The molecule has 0 bridgehead atoms. The van der Waals surface area contributed by atoms with Gasteiger partial charge in [0.05, 0.1) is 0 Å². The minimum absolute atomic E-state index is 0.331. The van der Waals surface area contributed by atoms with Crippen LogP contribution in [0.1, 0.15) is 57.9 Å². The number of aromatic nitrogens is 1. The van der Waals surface area contributed by atoms with Gasteiger partial charge in [0, 0.05) is 12.4 Å². The van der Waals surface area contributed by atoms with Crippen LogP contribution in [0, 0.1) is 29.1 Å². The Morgan fingerprint density at radius 1 is 1.08 bits per heavy atom. The van der Waals surface area contributed by atoms with Crippen LogP contribution in [0.15, 0.2) is 54.9 Å². The van der Waals surface area contributed by atoms with E-state index in [0.29, 0.717) is 5.41 Å². The van der Waals surface area contributed by atoms with Crippen LogP contribution >= 0.6 is 0 Å². The van der Waals surface area contributed by atoms with E-state index in [1.165, 1.54) is 44.1 Å². The maximum atomic E-state index is 4.38. The zero-order valence-corrected chi connectivity index (χ0v) is 15.7. The molecule has 1 fully saturated rings. The minimum Gasteiger partial charge on any atom is -0.264 e. The van der Waals surface area contributed by atoms with Gasteiger partial charge in [0.1, 0.15) is 0 Å². The summed E-state index contributed by atoms with van der Waals surface area (Å²) in [5.41, 5.74) is 3.24. The highest BCUT2D eigenvalue weighted by Gasteiger charge is 2.50. The first-order valence-corrected chi connectivity index (χ1v) is 10.1. The van der Waals surface area contributed by atoms with E-state index in [2.05, 4.69) is 67.5 Å². The molecule has 0 N–H and O–H groups in total. The van der Waals surface area contributed by atoms with Gasteiger partial charge < -0.3 is 0 Å². The molecular weight excluding hydrogens is 302 g/mol. The summed E-state index contributed by atoms with van der Waals surface area (Å²) in [6, 6.07) is 4.33. The topological polar surface area (TPSA) is 12.9 Å². The zero-order chi connectivity index (χ0) is 17.3. The first-order chi connectivity index (χ1) is 12.2. The molecule has 0 saturated heterocycles. The molecule has 0 aromatic carbocycles. The average molecular weight is 334 g/mol. The third-order valence-electron chi connectivity index (χ3n) is 7.36. The SMILES string of the molecule is CC1CCC=CC=CCC2C1CCC1(C)C(c3cccnc3)=CCC21. The van der Waals surface area contributed by atoms with Crippen LogP contribution in [-0.4, -0.2) is 4.98 Å². The van der Waals surface area contributed by atoms with E-state index >= 15 is 0 Å². The highest BCUT2D eigenvalue weighted by atomic mass is 14.6. The van der Waals surface area contributed by atoms with Gasteiger partial charge in [0.25, 0.3) is 0 Å². The zero-order valence-electron chi connectivity index (χ0n) is 15.7. The van der Waals surface area contributed by atoms with Crippen molar-refractivity contribution in [2.24, 2.45) is 29.1 Å². The van der Waals surface area contributed by atoms with Crippen LogP contribution in [0.4, 0.5) is 0 Å². The molecule has 1 heterocycles. The maximum absolute atomic E-state index is 4.38. The van der Waals surface area contributed by atoms with Crippen LogP contribution in [0.2, 0.25) is 0 Å². The summed E-state index contributed by atoms with van der Waals surface area (Å²) in [4.78, 5) is 4.38. The van der Waals surface area contributed by atoms with Gasteiger partial charge in [-0.3, -0.25) is 4.98 Å². The molecule has 25 heavy (non-hydrogen) atoms. The Labute approximate surface area is 152 Å². The first-order valence-electron chi connectivity index (χ1n) is 10.1. The Morgan fingerprint density at radius 2 is 1.96 bits per heavy atom. The van der Waals surface area contributed by atoms with Crippen molar-refractivity contribution in [1.82, 2.24) is 4.98 Å². The molecule has 132 valence electrons. The van der Waals surface area contributed by atoms with Crippen LogP contribution in [-0.2, 0) is 0 Å². The molecule has 1 aromatic rings. The third kappa shape index (κ3) is 3.03. The first kappa shape index (κ1) is 16.8. The summed E-state index contributed by atoms with van der Waals surface area (Å²) in [7, 11) is 0. The predicted octanol–water partition coefficient (Wildman–Crippen LogP) is 6.45. The number of allylic oxidation sites excluding steroid dienone is 6. The average Bonchev–Trinajstić information content (AvgIpc) is 2.99. The van der Waals surface area contributed by atoms with Crippen molar-refractivity contribution in [3.63, 3.8) is 0 Å². The van der Waals surface area contributed by atoms with Crippen molar-refractivity contribution < 1.29 is 0 Å². The molecule has 0 aliphatic heterocycles. The van der Waals surface area contributed by atoms with Crippen molar-refractivity contribution in [3.05, 3.63) is 60.5 Å². The number of fused-ring (bicyclic) bond motifs is 3.